The van der Waals surface area contributed by atoms with Crippen molar-refractivity contribution < 1.29 is 4.79 Å². The number of likely N-dealkylation sites (tertiary alicyclic amines) is 1. The Bertz CT molecular complexity index is 806. The van der Waals surface area contributed by atoms with Crippen molar-refractivity contribution in [3.05, 3.63) is 70.8 Å². The molecule has 1 unspecified atom stereocenters. The van der Waals surface area contributed by atoms with Gasteiger partial charge in [-0.05, 0) is 68.5 Å². The third kappa shape index (κ3) is 3.53. The number of benzene rings is 2. The van der Waals surface area contributed by atoms with E-state index in [-0.39, 0.29) is 17.2 Å². The summed E-state index contributed by atoms with van der Waals surface area (Å²) in [5, 5.41) is 3.09. The van der Waals surface area contributed by atoms with Gasteiger partial charge in [-0.3, -0.25) is 9.69 Å². The van der Waals surface area contributed by atoms with E-state index in [0.717, 1.165) is 45.4 Å². The van der Waals surface area contributed by atoms with E-state index in [9.17, 15) is 4.79 Å². The molecule has 0 spiro atoms. The first-order valence-corrected chi connectivity index (χ1v) is 10.2. The summed E-state index contributed by atoms with van der Waals surface area (Å²) in [7, 11) is 0. The van der Waals surface area contributed by atoms with Gasteiger partial charge in [-0.15, -0.1) is 0 Å². The summed E-state index contributed by atoms with van der Waals surface area (Å²) in [6.45, 7) is 8.27. The predicted octanol–water partition coefficient (Wildman–Crippen LogP) is 3.97. The quantitative estimate of drug-likeness (QED) is 0.892. The van der Waals surface area contributed by atoms with Crippen LogP contribution >= 0.6 is 0 Å². The number of amides is 1. The first kappa shape index (κ1) is 18.2. The van der Waals surface area contributed by atoms with Crippen molar-refractivity contribution in [2.75, 3.05) is 19.6 Å². The lowest BCUT2D eigenvalue weighted by Crippen LogP contribution is -2.48. The molecule has 0 bridgehead atoms. The number of aryl methyl sites for hydroxylation is 2. The van der Waals surface area contributed by atoms with E-state index in [2.05, 4.69) is 72.6 Å². The van der Waals surface area contributed by atoms with Gasteiger partial charge >= 0.3 is 0 Å². The highest BCUT2D eigenvalue weighted by molar-refractivity contribution is 5.82. The van der Waals surface area contributed by atoms with Gasteiger partial charge in [-0.1, -0.05) is 48.5 Å². The monoisotopic (exact) mass is 362 g/mol. The molecule has 1 atom stereocenters. The molecule has 0 aliphatic carbocycles. The highest BCUT2D eigenvalue weighted by Gasteiger charge is 2.47. The van der Waals surface area contributed by atoms with Crippen LogP contribution in [-0.2, 0) is 16.8 Å². The van der Waals surface area contributed by atoms with E-state index in [1.165, 1.54) is 22.3 Å². The van der Waals surface area contributed by atoms with Crippen molar-refractivity contribution in [1.82, 2.24) is 10.2 Å². The van der Waals surface area contributed by atoms with Crippen molar-refractivity contribution in [2.45, 2.75) is 45.1 Å². The number of nitrogens with zero attached hydrogens (tertiary/aromatic N) is 1. The lowest BCUT2D eigenvalue weighted by atomic mass is 9.63. The van der Waals surface area contributed by atoms with E-state index in [4.69, 9.17) is 0 Å². The Balaban J connectivity index is 1.59. The lowest BCUT2D eigenvalue weighted by molar-refractivity contribution is -0.125. The molecule has 0 saturated carbocycles. The number of piperidine rings is 1. The van der Waals surface area contributed by atoms with Gasteiger partial charge in [0.2, 0.25) is 5.91 Å². The molecular formula is C24H30N2O. The molecule has 142 valence electrons. The smallest absolute Gasteiger partial charge is 0.224 e. The maximum atomic E-state index is 12.7. The average molecular weight is 363 g/mol. The van der Waals surface area contributed by atoms with Gasteiger partial charge in [0, 0.05) is 24.4 Å². The average Bonchev–Trinajstić information content (AvgIpc) is 3.12. The topological polar surface area (TPSA) is 32.3 Å². The van der Waals surface area contributed by atoms with Crippen molar-refractivity contribution in [3.8, 4) is 0 Å². The second-order valence-electron chi connectivity index (χ2n) is 8.35. The fraction of sp³-hybridized carbons (Fsp3) is 0.458. The summed E-state index contributed by atoms with van der Waals surface area (Å²) in [5.74, 6) is 0.364. The van der Waals surface area contributed by atoms with Gasteiger partial charge in [0.25, 0.3) is 0 Å². The summed E-state index contributed by atoms with van der Waals surface area (Å²) < 4.78 is 0. The van der Waals surface area contributed by atoms with Crippen LogP contribution in [0, 0.1) is 19.8 Å². The second kappa shape index (κ2) is 7.47. The molecule has 2 aliphatic heterocycles. The minimum Gasteiger partial charge on any atom is -0.356 e. The fourth-order valence-corrected chi connectivity index (χ4v) is 4.96. The van der Waals surface area contributed by atoms with Crippen LogP contribution < -0.4 is 5.32 Å². The Morgan fingerprint density at radius 2 is 1.78 bits per heavy atom. The number of carbonyl (C=O) groups is 1. The fourth-order valence-electron chi connectivity index (χ4n) is 4.96. The van der Waals surface area contributed by atoms with Gasteiger partial charge in [0.15, 0.2) is 0 Å². The Hall–Kier alpha value is -2.13. The summed E-state index contributed by atoms with van der Waals surface area (Å²) in [4.78, 5) is 15.2. The minimum absolute atomic E-state index is 0.0216. The normalized spacial score (nSPS) is 22.6. The maximum Gasteiger partial charge on any atom is 0.224 e. The summed E-state index contributed by atoms with van der Waals surface area (Å²) >= 11 is 0. The Morgan fingerprint density at radius 3 is 2.41 bits per heavy atom. The minimum atomic E-state index is -0.0216. The van der Waals surface area contributed by atoms with Crippen LogP contribution in [-0.4, -0.2) is 30.4 Å². The van der Waals surface area contributed by atoms with Crippen molar-refractivity contribution in [1.29, 1.82) is 0 Å². The van der Waals surface area contributed by atoms with Crippen molar-refractivity contribution >= 4 is 5.91 Å². The van der Waals surface area contributed by atoms with Crippen molar-refractivity contribution in [2.24, 2.45) is 5.92 Å². The third-order valence-electron chi connectivity index (χ3n) is 6.79. The van der Waals surface area contributed by atoms with Crippen LogP contribution in [0.3, 0.4) is 0 Å². The molecule has 2 aliphatic rings. The Labute approximate surface area is 162 Å². The number of hydrogen-bond donors (Lipinski definition) is 1. The zero-order valence-electron chi connectivity index (χ0n) is 16.5. The van der Waals surface area contributed by atoms with E-state index < -0.39 is 0 Å². The molecule has 4 rings (SSSR count). The Morgan fingerprint density at radius 1 is 1.04 bits per heavy atom. The summed E-state index contributed by atoms with van der Waals surface area (Å²) in [6.07, 6.45) is 3.07. The number of rotatable bonds is 4. The molecule has 0 radical (unpaired) electrons. The van der Waals surface area contributed by atoms with Gasteiger partial charge in [0.05, 0.1) is 0 Å². The molecule has 1 amide bonds. The number of hydrogen-bond acceptors (Lipinski definition) is 2. The van der Waals surface area contributed by atoms with E-state index in [0.29, 0.717) is 0 Å². The number of nitrogens with one attached hydrogen (secondary N) is 1. The lowest BCUT2D eigenvalue weighted by Gasteiger charge is -2.45. The highest BCUT2D eigenvalue weighted by Crippen LogP contribution is 2.45. The van der Waals surface area contributed by atoms with Crippen LogP contribution in [0.4, 0.5) is 0 Å². The molecule has 2 aromatic carbocycles. The zero-order chi connectivity index (χ0) is 18.9. The number of carbonyl (C=O) groups excluding carboxylic acids is 1. The molecule has 1 N–H and O–H groups in total. The van der Waals surface area contributed by atoms with E-state index >= 15 is 0 Å². The second-order valence-corrected chi connectivity index (χ2v) is 8.35. The molecule has 2 heterocycles. The molecule has 0 aromatic heterocycles. The van der Waals surface area contributed by atoms with Crippen LogP contribution in [0.25, 0.3) is 0 Å². The first-order valence-electron chi connectivity index (χ1n) is 10.2. The van der Waals surface area contributed by atoms with E-state index in [1.807, 2.05) is 0 Å². The Kier molecular flexibility index (Phi) is 5.05. The zero-order valence-corrected chi connectivity index (χ0v) is 16.5. The van der Waals surface area contributed by atoms with E-state index in [1.54, 1.807) is 0 Å². The van der Waals surface area contributed by atoms with Crippen LogP contribution in [0.1, 0.15) is 41.5 Å². The van der Waals surface area contributed by atoms with Crippen LogP contribution in [0.5, 0.6) is 0 Å². The van der Waals surface area contributed by atoms with Gasteiger partial charge in [-0.25, -0.2) is 0 Å². The molecule has 27 heavy (non-hydrogen) atoms. The largest absolute Gasteiger partial charge is 0.356 e. The SMILES string of the molecule is Cc1ccc(C2(C3CCNC3=O)CCN(Cc3ccccc3)CC2)cc1C. The molecule has 3 heteroatoms. The molecule has 2 aromatic rings. The summed E-state index contributed by atoms with van der Waals surface area (Å²) in [5.41, 5.74) is 5.37. The first-order chi connectivity index (χ1) is 13.1. The molecular weight excluding hydrogens is 332 g/mol. The van der Waals surface area contributed by atoms with Gasteiger partial charge < -0.3 is 5.32 Å². The predicted molar refractivity (Wildman–Crippen MR) is 110 cm³/mol. The van der Waals surface area contributed by atoms with Gasteiger partial charge in [-0.2, -0.15) is 0 Å². The maximum absolute atomic E-state index is 12.7. The standard InChI is InChI=1S/C24H30N2O/c1-18-8-9-21(16-19(18)2)24(22-10-13-25-23(22)27)11-14-26(15-12-24)17-20-6-4-3-5-7-20/h3-9,16,22H,10-15,17H2,1-2H3,(H,25,27). The molecule has 3 nitrogen and oxygen atoms in total. The third-order valence-corrected chi connectivity index (χ3v) is 6.79. The molecule has 2 fully saturated rings. The van der Waals surface area contributed by atoms with Crippen LogP contribution in [0.2, 0.25) is 0 Å². The van der Waals surface area contributed by atoms with Crippen molar-refractivity contribution in [3.63, 3.8) is 0 Å². The molecule has 2 saturated heterocycles. The van der Waals surface area contributed by atoms with Crippen LogP contribution in [0.15, 0.2) is 48.5 Å². The van der Waals surface area contributed by atoms with Gasteiger partial charge in [0.1, 0.15) is 0 Å². The summed E-state index contributed by atoms with van der Waals surface area (Å²) in [6, 6.07) is 17.6. The highest BCUT2D eigenvalue weighted by atomic mass is 16.2.